The lowest BCUT2D eigenvalue weighted by Crippen LogP contribution is -2.60. The summed E-state index contributed by atoms with van der Waals surface area (Å²) < 4.78 is 11.3. The van der Waals surface area contributed by atoms with E-state index in [1.807, 2.05) is 6.08 Å². The van der Waals surface area contributed by atoms with Gasteiger partial charge in [0.15, 0.2) is 6.29 Å². The van der Waals surface area contributed by atoms with Crippen LogP contribution >= 0.6 is 0 Å². The van der Waals surface area contributed by atoms with Crippen molar-refractivity contribution in [1.29, 1.82) is 0 Å². The van der Waals surface area contributed by atoms with Crippen molar-refractivity contribution in [2.45, 2.75) is 339 Å². The van der Waals surface area contributed by atoms with E-state index in [0.29, 0.717) is 6.42 Å². The van der Waals surface area contributed by atoms with Gasteiger partial charge in [0.1, 0.15) is 24.4 Å². The molecule has 1 saturated heterocycles. The first-order valence-electron chi connectivity index (χ1n) is 32.7. The van der Waals surface area contributed by atoms with Crippen molar-refractivity contribution in [2.24, 2.45) is 0 Å². The van der Waals surface area contributed by atoms with E-state index >= 15 is 0 Å². The number of rotatable bonds is 56. The zero-order chi connectivity index (χ0) is 55.8. The van der Waals surface area contributed by atoms with Crippen molar-refractivity contribution < 1.29 is 39.8 Å². The maximum Gasteiger partial charge on any atom is 0.220 e. The molecule has 448 valence electrons. The van der Waals surface area contributed by atoms with Crippen molar-refractivity contribution in [2.75, 3.05) is 13.2 Å². The Kier molecular flexibility index (Phi) is 53.7. The van der Waals surface area contributed by atoms with E-state index in [1.54, 1.807) is 6.08 Å². The zero-order valence-corrected chi connectivity index (χ0v) is 50.0. The molecule has 0 radical (unpaired) electrons. The molecule has 0 spiro atoms. The van der Waals surface area contributed by atoms with E-state index < -0.39 is 49.5 Å². The summed E-state index contributed by atoms with van der Waals surface area (Å²) >= 11 is 0. The number of unbranched alkanes of at least 4 members (excludes halogenated alkanes) is 36. The highest BCUT2D eigenvalue weighted by Crippen LogP contribution is 2.23. The largest absolute Gasteiger partial charge is 0.394 e. The quantitative estimate of drug-likeness (QED) is 0.0261. The Bertz CT molecular complexity index is 1440. The molecule has 1 heterocycles. The molecule has 1 fully saturated rings. The molecule has 9 nitrogen and oxygen atoms in total. The highest BCUT2D eigenvalue weighted by atomic mass is 16.7. The molecule has 1 rings (SSSR count). The van der Waals surface area contributed by atoms with E-state index in [4.69, 9.17) is 9.47 Å². The van der Waals surface area contributed by atoms with E-state index in [9.17, 15) is 30.3 Å². The fourth-order valence-corrected chi connectivity index (χ4v) is 10.2. The molecular weight excluding hydrogens is 959 g/mol. The number of hydrogen-bond acceptors (Lipinski definition) is 8. The van der Waals surface area contributed by atoms with Crippen LogP contribution in [0.4, 0.5) is 0 Å². The van der Waals surface area contributed by atoms with E-state index in [0.717, 1.165) is 70.6 Å². The summed E-state index contributed by atoms with van der Waals surface area (Å²) in [4.78, 5) is 13.1. The Morgan fingerprint density at radius 3 is 1.19 bits per heavy atom. The Labute approximate surface area is 474 Å². The average molecular weight is 1080 g/mol. The first-order chi connectivity index (χ1) is 37.8. The number of nitrogens with one attached hydrogen (secondary N) is 1. The van der Waals surface area contributed by atoms with Gasteiger partial charge >= 0.3 is 0 Å². The zero-order valence-electron chi connectivity index (χ0n) is 50.0. The third-order valence-corrected chi connectivity index (χ3v) is 15.3. The van der Waals surface area contributed by atoms with Gasteiger partial charge in [0.25, 0.3) is 0 Å². The average Bonchev–Trinajstić information content (AvgIpc) is 3.43. The third kappa shape index (κ3) is 46.0. The van der Waals surface area contributed by atoms with Gasteiger partial charge in [0.2, 0.25) is 5.91 Å². The molecule has 0 bridgehead atoms. The molecule has 0 saturated carbocycles. The van der Waals surface area contributed by atoms with Crippen LogP contribution in [0.5, 0.6) is 0 Å². The molecule has 0 aromatic heterocycles. The second kappa shape index (κ2) is 56.9. The lowest BCUT2D eigenvalue weighted by atomic mass is 9.99. The predicted molar refractivity (Wildman–Crippen MR) is 327 cm³/mol. The van der Waals surface area contributed by atoms with Crippen LogP contribution in [0.3, 0.4) is 0 Å². The first kappa shape index (κ1) is 72.6. The molecule has 7 atom stereocenters. The molecule has 1 amide bonds. The van der Waals surface area contributed by atoms with Crippen LogP contribution in [0.25, 0.3) is 0 Å². The Morgan fingerprint density at radius 2 is 0.805 bits per heavy atom. The SMILES string of the molecule is CC/C=C\C/C=C\C/C=C\C/C=C\C/C=C\CCCCCCCCCCCCCCCCCCCCCCCCCC(=O)NC(COC1OC(CO)C(O)C(O)C1O)C(O)/C=C/CCCCCCCCCCCCCCC. The van der Waals surface area contributed by atoms with Crippen molar-refractivity contribution in [1.82, 2.24) is 5.32 Å². The van der Waals surface area contributed by atoms with Gasteiger partial charge in [0, 0.05) is 6.42 Å². The van der Waals surface area contributed by atoms with Crippen LogP contribution in [-0.2, 0) is 14.3 Å². The van der Waals surface area contributed by atoms with Crippen LogP contribution in [0.2, 0.25) is 0 Å². The number of carbonyl (C=O) groups excluding carboxylic acids is 1. The summed E-state index contributed by atoms with van der Waals surface area (Å²) in [6.45, 7) is 3.68. The second-order valence-corrected chi connectivity index (χ2v) is 22.5. The predicted octanol–water partition coefficient (Wildman–Crippen LogP) is 17.2. The second-order valence-electron chi connectivity index (χ2n) is 22.5. The summed E-state index contributed by atoms with van der Waals surface area (Å²) in [6, 6.07) is -0.805. The van der Waals surface area contributed by atoms with Crippen molar-refractivity contribution >= 4 is 5.91 Å². The molecule has 6 N–H and O–H groups in total. The molecular formula is C68H123NO8. The van der Waals surface area contributed by atoms with Crippen LogP contribution in [0, 0.1) is 0 Å². The van der Waals surface area contributed by atoms with Gasteiger partial charge < -0.3 is 40.3 Å². The molecule has 77 heavy (non-hydrogen) atoms. The number of hydrogen-bond donors (Lipinski definition) is 6. The first-order valence-corrected chi connectivity index (χ1v) is 32.7. The standard InChI is InChI=1S/C68H123NO8/c1-3-5-7-9-11-13-15-17-19-20-21-22-23-24-25-26-27-28-29-30-31-32-33-34-35-36-37-38-39-40-41-42-44-46-48-50-52-54-56-58-64(72)69-61(60-76-68-67(75)66(74)65(73)63(59-70)77-68)62(71)57-55-53-51-49-47-45-43-18-16-14-12-10-8-6-4-2/h5,7,11,13,17,19,21-22,24-25,55,57,61-63,65-68,70-71,73-75H,3-4,6,8-10,12,14-16,18,20,23,26-54,56,58-60H2,1-2H3,(H,69,72)/b7-5-,13-11-,19-17-,22-21-,25-24-,57-55+. The molecule has 7 unspecified atom stereocenters. The van der Waals surface area contributed by atoms with Gasteiger partial charge in [-0.3, -0.25) is 4.79 Å². The molecule has 9 heteroatoms. The number of aliphatic hydroxyl groups excluding tert-OH is 5. The van der Waals surface area contributed by atoms with Gasteiger partial charge in [-0.15, -0.1) is 0 Å². The van der Waals surface area contributed by atoms with Crippen molar-refractivity contribution in [3.8, 4) is 0 Å². The molecule has 1 aliphatic heterocycles. The number of carbonyl (C=O) groups is 1. The number of ether oxygens (including phenoxy) is 2. The smallest absolute Gasteiger partial charge is 0.220 e. The number of aliphatic hydroxyl groups is 5. The normalized spacial score (nSPS) is 19.2. The van der Waals surface area contributed by atoms with E-state index in [-0.39, 0.29) is 12.5 Å². The summed E-state index contributed by atoms with van der Waals surface area (Å²) in [5.74, 6) is -0.173. The fraction of sp³-hybridized carbons (Fsp3) is 0.809. The molecule has 0 aromatic carbocycles. The minimum atomic E-state index is -1.57. The highest BCUT2D eigenvalue weighted by molar-refractivity contribution is 5.76. The Balaban J connectivity index is 2.06. The topological polar surface area (TPSA) is 149 Å². The molecule has 1 aliphatic rings. The Hall–Kier alpha value is -2.37. The van der Waals surface area contributed by atoms with Gasteiger partial charge in [-0.05, 0) is 64.2 Å². The summed E-state index contributed by atoms with van der Waals surface area (Å²) in [5.41, 5.74) is 0. The van der Waals surface area contributed by atoms with Gasteiger partial charge in [-0.25, -0.2) is 0 Å². The van der Waals surface area contributed by atoms with Crippen molar-refractivity contribution in [3.05, 3.63) is 72.9 Å². The van der Waals surface area contributed by atoms with Gasteiger partial charge in [-0.2, -0.15) is 0 Å². The van der Waals surface area contributed by atoms with Crippen LogP contribution in [0.15, 0.2) is 72.9 Å². The molecule has 0 aliphatic carbocycles. The van der Waals surface area contributed by atoms with Crippen LogP contribution < -0.4 is 5.32 Å². The lowest BCUT2D eigenvalue weighted by molar-refractivity contribution is -0.302. The maximum atomic E-state index is 13.1. The van der Waals surface area contributed by atoms with Crippen LogP contribution in [0.1, 0.15) is 296 Å². The van der Waals surface area contributed by atoms with Gasteiger partial charge in [0.05, 0.1) is 25.4 Å². The van der Waals surface area contributed by atoms with E-state index in [2.05, 4.69) is 79.9 Å². The maximum absolute atomic E-state index is 13.1. The van der Waals surface area contributed by atoms with Crippen molar-refractivity contribution in [3.63, 3.8) is 0 Å². The Morgan fingerprint density at radius 1 is 0.455 bits per heavy atom. The number of amides is 1. The lowest BCUT2D eigenvalue weighted by Gasteiger charge is -2.40. The third-order valence-electron chi connectivity index (χ3n) is 15.3. The summed E-state index contributed by atoms with van der Waals surface area (Å²) in [6.07, 6.45) is 72.9. The number of allylic oxidation sites excluding steroid dienone is 11. The van der Waals surface area contributed by atoms with Crippen LogP contribution in [-0.4, -0.2) is 87.5 Å². The summed E-state index contributed by atoms with van der Waals surface area (Å²) in [7, 11) is 0. The monoisotopic (exact) mass is 1080 g/mol. The minimum Gasteiger partial charge on any atom is -0.394 e. The summed E-state index contributed by atoms with van der Waals surface area (Å²) in [5, 5.41) is 54.6. The highest BCUT2D eigenvalue weighted by Gasteiger charge is 2.44. The van der Waals surface area contributed by atoms with E-state index in [1.165, 1.54) is 205 Å². The molecule has 0 aromatic rings. The minimum absolute atomic E-state index is 0.173. The fourth-order valence-electron chi connectivity index (χ4n) is 10.2. The van der Waals surface area contributed by atoms with Gasteiger partial charge in [-0.1, -0.05) is 299 Å².